The zero-order chi connectivity index (χ0) is 7.56. The first-order valence-corrected chi connectivity index (χ1v) is 3.24. The van der Waals surface area contributed by atoms with Crippen LogP contribution in [0.1, 0.15) is 6.42 Å². The molecule has 1 heterocycles. The third-order valence-corrected chi connectivity index (χ3v) is 1.51. The lowest BCUT2D eigenvalue weighted by Gasteiger charge is -2.29. The number of rotatable bonds is 1. The lowest BCUT2D eigenvalue weighted by molar-refractivity contribution is -0.224. The van der Waals surface area contributed by atoms with E-state index in [0.717, 1.165) is 0 Å². The summed E-state index contributed by atoms with van der Waals surface area (Å²) in [5, 5.41) is 18.1. The lowest BCUT2D eigenvalue weighted by atomic mass is 10.1. The summed E-state index contributed by atoms with van der Waals surface area (Å²) in [6, 6.07) is 0. The highest BCUT2D eigenvalue weighted by Crippen LogP contribution is 2.14. The van der Waals surface area contributed by atoms with Gasteiger partial charge in [0.2, 0.25) is 0 Å². The maximum atomic E-state index is 9.13. The maximum absolute atomic E-state index is 9.13. The molecule has 60 valence electrons. The Balaban J connectivity index is 2.36. The molecule has 0 saturated carbocycles. The van der Waals surface area contributed by atoms with Gasteiger partial charge < -0.3 is 19.7 Å². The molecular weight excluding hydrogens is 136 g/mol. The van der Waals surface area contributed by atoms with E-state index in [1.54, 1.807) is 0 Å². The molecule has 4 nitrogen and oxygen atoms in total. The number of ether oxygens (including phenoxy) is 2. The van der Waals surface area contributed by atoms with Crippen molar-refractivity contribution in [1.82, 2.24) is 0 Å². The highest BCUT2D eigenvalue weighted by molar-refractivity contribution is 4.71. The average Bonchev–Trinajstić information content (AvgIpc) is 1.88. The third kappa shape index (κ3) is 1.67. The standard InChI is InChI=1S/C6H12O4/c1-9-6-5(8)2-4(7)3-10-6/h4-8H,2-3H2,1H3/t4?,5-,6?/m1/s1. The topological polar surface area (TPSA) is 58.9 Å². The van der Waals surface area contributed by atoms with Gasteiger partial charge >= 0.3 is 0 Å². The highest BCUT2D eigenvalue weighted by Gasteiger charge is 2.28. The Labute approximate surface area is 59.4 Å². The fraction of sp³-hybridized carbons (Fsp3) is 1.00. The van der Waals surface area contributed by atoms with Gasteiger partial charge in [-0.3, -0.25) is 0 Å². The van der Waals surface area contributed by atoms with Crippen molar-refractivity contribution in [3.8, 4) is 0 Å². The van der Waals surface area contributed by atoms with E-state index in [2.05, 4.69) is 0 Å². The lowest BCUT2D eigenvalue weighted by Crippen LogP contribution is -2.41. The van der Waals surface area contributed by atoms with Crippen LogP contribution in [0.25, 0.3) is 0 Å². The van der Waals surface area contributed by atoms with E-state index >= 15 is 0 Å². The van der Waals surface area contributed by atoms with Crippen molar-refractivity contribution in [2.24, 2.45) is 0 Å². The van der Waals surface area contributed by atoms with Crippen molar-refractivity contribution in [3.63, 3.8) is 0 Å². The second-order valence-electron chi connectivity index (χ2n) is 2.39. The molecule has 1 aliphatic rings. The molecule has 0 aromatic heterocycles. The van der Waals surface area contributed by atoms with Gasteiger partial charge in [-0.05, 0) is 0 Å². The Morgan fingerprint density at radius 1 is 1.50 bits per heavy atom. The Bertz CT molecular complexity index is 106. The van der Waals surface area contributed by atoms with Crippen LogP contribution in [0.4, 0.5) is 0 Å². The van der Waals surface area contributed by atoms with Crippen LogP contribution >= 0.6 is 0 Å². The normalized spacial score (nSPS) is 41.7. The Morgan fingerprint density at radius 3 is 2.70 bits per heavy atom. The molecule has 0 bridgehead atoms. The molecule has 10 heavy (non-hydrogen) atoms. The first kappa shape index (κ1) is 7.94. The zero-order valence-corrected chi connectivity index (χ0v) is 5.86. The van der Waals surface area contributed by atoms with Crippen LogP contribution in [-0.2, 0) is 9.47 Å². The smallest absolute Gasteiger partial charge is 0.183 e. The molecule has 0 radical (unpaired) electrons. The first-order valence-electron chi connectivity index (χ1n) is 3.24. The minimum absolute atomic E-state index is 0.246. The summed E-state index contributed by atoms with van der Waals surface area (Å²) in [5.41, 5.74) is 0. The molecule has 0 aliphatic carbocycles. The van der Waals surface area contributed by atoms with Gasteiger partial charge in [0.15, 0.2) is 6.29 Å². The van der Waals surface area contributed by atoms with Crippen LogP contribution in [0, 0.1) is 0 Å². The molecule has 1 saturated heterocycles. The molecule has 0 aromatic rings. The number of hydrogen-bond donors (Lipinski definition) is 2. The second kappa shape index (κ2) is 3.30. The van der Waals surface area contributed by atoms with Crippen molar-refractivity contribution in [2.45, 2.75) is 24.9 Å². The van der Waals surface area contributed by atoms with E-state index in [0.29, 0.717) is 6.42 Å². The summed E-state index contributed by atoms with van der Waals surface area (Å²) in [6.07, 6.45) is -1.49. The van der Waals surface area contributed by atoms with Crippen LogP contribution in [0.15, 0.2) is 0 Å². The minimum atomic E-state index is -0.700. The fourth-order valence-electron chi connectivity index (χ4n) is 1.00. The largest absolute Gasteiger partial charge is 0.391 e. The molecule has 1 rings (SSSR count). The predicted molar refractivity (Wildman–Crippen MR) is 33.4 cm³/mol. The van der Waals surface area contributed by atoms with Crippen LogP contribution < -0.4 is 0 Å². The molecule has 4 heteroatoms. The van der Waals surface area contributed by atoms with Crippen LogP contribution in [0.3, 0.4) is 0 Å². The number of methoxy groups -OCH3 is 1. The van der Waals surface area contributed by atoms with E-state index in [9.17, 15) is 0 Å². The summed E-state index contributed by atoms with van der Waals surface area (Å²) in [6.45, 7) is 0.246. The van der Waals surface area contributed by atoms with Crippen LogP contribution in [0.2, 0.25) is 0 Å². The van der Waals surface area contributed by atoms with Gasteiger partial charge in [-0.2, -0.15) is 0 Å². The van der Waals surface area contributed by atoms with Gasteiger partial charge in [0.05, 0.1) is 12.7 Å². The molecule has 0 spiro atoms. The molecule has 3 atom stereocenters. The molecule has 1 aliphatic heterocycles. The van der Waals surface area contributed by atoms with Crippen molar-refractivity contribution >= 4 is 0 Å². The van der Waals surface area contributed by atoms with Crippen LogP contribution in [0.5, 0.6) is 0 Å². The van der Waals surface area contributed by atoms with Crippen molar-refractivity contribution in [3.05, 3.63) is 0 Å². The fourth-order valence-corrected chi connectivity index (χ4v) is 1.00. The van der Waals surface area contributed by atoms with Crippen molar-refractivity contribution < 1.29 is 19.7 Å². The van der Waals surface area contributed by atoms with Gasteiger partial charge in [0, 0.05) is 13.5 Å². The van der Waals surface area contributed by atoms with Crippen LogP contribution in [-0.4, -0.2) is 42.4 Å². The first-order chi connectivity index (χ1) is 4.74. The molecule has 2 N–H and O–H groups in total. The Morgan fingerprint density at radius 2 is 2.20 bits per heavy atom. The second-order valence-corrected chi connectivity index (χ2v) is 2.39. The number of aliphatic hydroxyl groups excluding tert-OH is 2. The summed E-state index contributed by atoms with van der Waals surface area (Å²) in [4.78, 5) is 0. The van der Waals surface area contributed by atoms with E-state index in [-0.39, 0.29) is 6.61 Å². The number of aliphatic hydroxyl groups is 2. The third-order valence-electron chi connectivity index (χ3n) is 1.51. The SMILES string of the molecule is COC1OCC(O)C[C@H]1O. The quantitative estimate of drug-likeness (QED) is 0.506. The molecular formula is C6H12O4. The van der Waals surface area contributed by atoms with E-state index < -0.39 is 18.5 Å². The summed E-state index contributed by atoms with van der Waals surface area (Å²) >= 11 is 0. The van der Waals surface area contributed by atoms with E-state index in [1.165, 1.54) is 7.11 Å². The van der Waals surface area contributed by atoms with Gasteiger partial charge in [0.25, 0.3) is 0 Å². The monoisotopic (exact) mass is 148 g/mol. The highest BCUT2D eigenvalue weighted by atomic mass is 16.7. The summed E-state index contributed by atoms with van der Waals surface area (Å²) < 4.78 is 9.70. The predicted octanol–water partition coefficient (Wildman–Crippen LogP) is -0.899. The molecule has 1 fully saturated rings. The van der Waals surface area contributed by atoms with E-state index in [1.807, 2.05) is 0 Å². The van der Waals surface area contributed by atoms with Gasteiger partial charge in [0.1, 0.15) is 6.10 Å². The van der Waals surface area contributed by atoms with E-state index in [4.69, 9.17) is 19.7 Å². The zero-order valence-electron chi connectivity index (χ0n) is 5.86. The molecule has 2 unspecified atom stereocenters. The summed E-state index contributed by atoms with van der Waals surface area (Å²) in [7, 11) is 1.46. The van der Waals surface area contributed by atoms with Gasteiger partial charge in [-0.25, -0.2) is 0 Å². The summed E-state index contributed by atoms with van der Waals surface area (Å²) in [5.74, 6) is 0. The van der Waals surface area contributed by atoms with Crippen molar-refractivity contribution in [1.29, 1.82) is 0 Å². The minimum Gasteiger partial charge on any atom is -0.391 e. The maximum Gasteiger partial charge on any atom is 0.183 e. The van der Waals surface area contributed by atoms with Gasteiger partial charge in [-0.1, -0.05) is 0 Å². The average molecular weight is 148 g/mol. The van der Waals surface area contributed by atoms with Gasteiger partial charge in [-0.15, -0.1) is 0 Å². The Hall–Kier alpha value is -0.160. The Kier molecular flexibility index (Phi) is 2.62. The molecule has 0 amide bonds. The number of hydrogen-bond acceptors (Lipinski definition) is 4. The van der Waals surface area contributed by atoms with Crippen molar-refractivity contribution in [2.75, 3.05) is 13.7 Å². The molecule has 0 aromatic carbocycles.